The van der Waals surface area contributed by atoms with Crippen molar-refractivity contribution in [2.45, 2.75) is 11.8 Å². The van der Waals surface area contributed by atoms with Crippen molar-refractivity contribution >= 4 is 22.0 Å². The van der Waals surface area contributed by atoms with E-state index in [0.717, 1.165) is 6.26 Å². The molecule has 0 unspecified atom stereocenters. The van der Waals surface area contributed by atoms with E-state index in [2.05, 4.69) is 4.98 Å². The fourth-order valence-electron chi connectivity index (χ4n) is 1.51. The average molecular weight is 318 g/mol. The molecule has 1 aromatic carbocycles. The number of carboxylic acids is 1. The van der Waals surface area contributed by atoms with Gasteiger partial charge >= 0.3 is 12.0 Å². The zero-order valence-electron chi connectivity index (χ0n) is 10.4. The Hall–Kier alpha value is -2.49. The molecule has 0 atom stereocenters. The first-order chi connectivity index (χ1) is 9.72. The van der Waals surface area contributed by atoms with Gasteiger partial charge in [0.05, 0.1) is 5.69 Å². The zero-order valence-corrected chi connectivity index (χ0v) is 11.2. The first-order valence-corrected chi connectivity index (χ1v) is 6.87. The number of carbonyl (C=O) groups is 1. The number of hydrogen-bond acceptors (Lipinski definition) is 5. The van der Waals surface area contributed by atoms with Crippen LogP contribution >= 0.6 is 0 Å². The van der Waals surface area contributed by atoms with Gasteiger partial charge in [0.1, 0.15) is 22.5 Å². The maximum atomic E-state index is 13.9. The van der Waals surface area contributed by atoms with E-state index >= 15 is 0 Å². The molecule has 21 heavy (non-hydrogen) atoms. The lowest BCUT2D eigenvalue weighted by Crippen LogP contribution is -2.17. The molecule has 0 radical (unpaired) electrons. The summed E-state index contributed by atoms with van der Waals surface area (Å²) in [5.41, 5.74) is -0.986. The van der Waals surface area contributed by atoms with Crippen LogP contribution in [0.4, 0.5) is 14.8 Å². The minimum absolute atomic E-state index is 0.374. The number of halogens is 2. The van der Waals surface area contributed by atoms with Crippen molar-refractivity contribution in [2.75, 3.05) is 4.72 Å². The number of nitrogens with one attached hydrogen (secondary N) is 1. The van der Waals surface area contributed by atoms with E-state index in [1.165, 1.54) is 6.92 Å². The number of sulfonamides is 1. The summed E-state index contributed by atoms with van der Waals surface area (Å²) in [5, 5.41) is 8.70. The number of aromatic nitrogens is 1. The maximum absolute atomic E-state index is 13.9. The lowest BCUT2D eigenvalue weighted by atomic mass is 10.2. The highest BCUT2D eigenvalue weighted by molar-refractivity contribution is 7.92. The number of aryl methyl sites for hydroxylation is 1. The SMILES string of the molecule is Cc1coc(NS(=O)(=O)c2ccc(F)c(C(=O)O)c2F)n1. The van der Waals surface area contributed by atoms with Crippen molar-refractivity contribution in [1.82, 2.24) is 4.98 Å². The molecule has 0 aliphatic heterocycles. The van der Waals surface area contributed by atoms with E-state index in [0.29, 0.717) is 17.8 Å². The van der Waals surface area contributed by atoms with E-state index < -0.39 is 44.1 Å². The van der Waals surface area contributed by atoms with Crippen molar-refractivity contribution in [1.29, 1.82) is 0 Å². The second-order valence-corrected chi connectivity index (χ2v) is 5.59. The Morgan fingerprint density at radius 1 is 1.38 bits per heavy atom. The van der Waals surface area contributed by atoms with Crippen molar-refractivity contribution in [3.63, 3.8) is 0 Å². The Balaban J connectivity index is 2.50. The van der Waals surface area contributed by atoms with E-state index in [1.807, 2.05) is 4.72 Å². The number of anilines is 1. The number of rotatable bonds is 4. The summed E-state index contributed by atoms with van der Waals surface area (Å²) in [6.07, 6.45) is 1.15. The third-order valence-electron chi connectivity index (χ3n) is 2.40. The largest absolute Gasteiger partial charge is 0.477 e. The van der Waals surface area contributed by atoms with Crippen molar-refractivity contribution in [2.24, 2.45) is 0 Å². The van der Waals surface area contributed by atoms with Crippen LogP contribution in [0.2, 0.25) is 0 Å². The molecule has 0 spiro atoms. The highest BCUT2D eigenvalue weighted by Gasteiger charge is 2.27. The van der Waals surface area contributed by atoms with E-state index in [1.54, 1.807) is 0 Å². The van der Waals surface area contributed by atoms with Gasteiger partial charge < -0.3 is 9.52 Å². The summed E-state index contributed by atoms with van der Waals surface area (Å²) in [5.74, 6) is -5.02. The number of carboxylic acid groups (broad SMARTS) is 1. The second-order valence-electron chi connectivity index (χ2n) is 3.94. The number of hydrogen-bond donors (Lipinski definition) is 2. The summed E-state index contributed by atoms with van der Waals surface area (Å²) >= 11 is 0. The Labute approximate surface area is 117 Å². The van der Waals surface area contributed by atoms with Crippen LogP contribution < -0.4 is 4.72 Å². The number of benzene rings is 1. The Bertz CT molecular complexity index is 816. The van der Waals surface area contributed by atoms with Gasteiger partial charge in [-0.2, -0.15) is 4.98 Å². The minimum Gasteiger partial charge on any atom is -0.477 e. The Morgan fingerprint density at radius 2 is 2.05 bits per heavy atom. The summed E-state index contributed by atoms with van der Waals surface area (Å²) in [4.78, 5) is 13.4. The van der Waals surface area contributed by atoms with Gasteiger partial charge in [-0.3, -0.25) is 0 Å². The molecular formula is C11H8F2N2O5S. The molecule has 0 bridgehead atoms. The monoisotopic (exact) mass is 318 g/mol. The molecule has 0 aliphatic carbocycles. The Morgan fingerprint density at radius 3 is 2.57 bits per heavy atom. The summed E-state index contributed by atoms with van der Waals surface area (Å²) in [7, 11) is -4.51. The topological polar surface area (TPSA) is 110 Å². The smallest absolute Gasteiger partial charge is 0.341 e. The predicted molar refractivity (Wildman–Crippen MR) is 65.4 cm³/mol. The minimum atomic E-state index is -4.51. The third kappa shape index (κ3) is 2.84. The fourth-order valence-corrected chi connectivity index (χ4v) is 2.53. The second kappa shape index (κ2) is 5.13. The molecule has 0 amide bonds. The molecule has 112 valence electrons. The van der Waals surface area contributed by atoms with Gasteiger partial charge in [-0.15, -0.1) is 0 Å². The molecule has 2 N–H and O–H groups in total. The first kappa shape index (κ1) is 14.9. The van der Waals surface area contributed by atoms with Crippen LogP contribution in [0.3, 0.4) is 0 Å². The molecule has 0 saturated carbocycles. The normalized spacial score (nSPS) is 11.4. The number of aromatic carboxylic acids is 1. The van der Waals surface area contributed by atoms with Gasteiger partial charge in [0.15, 0.2) is 5.82 Å². The predicted octanol–water partition coefficient (Wildman–Crippen LogP) is 1.76. The lowest BCUT2D eigenvalue weighted by molar-refractivity contribution is 0.0685. The third-order valence-corrected chi connectivity index (χ3v) is 3.74. The molecule has 0 saturated heterocycles. The quantitative estimate of drug-likeness (QED) is 0.889. The van der Waals surface area contributed by atoms with E-state index in [4.69, 9.17) is 9.52 Å². The van der Waals surface area contributed by atoms with Gasteiger partial charge in [-0.1, -0.05) is 0 Å². The molecule has 7 nitrogen and oxygen atoms in total. The fraction of sp³-hybridized carbons (Fsp3) is 0.0909. The van der Waals surface area contributed by atoms with Crippen LogP contribution in [0.15, 0.2) is 27.7 Å². The van der Waals surface area contributed by atoms with Crippen molar-refractivity contribution in [3.8, 4) is 0 Å². The molecule has 2 aromatic rings. The van der Waals surface area contributed by atoms with Gasteiger partial charge in [0.25, 0.3) is 10.0 Å². The van der Waals surface area contributed by atoms with Gasteiger partial charge in [-0.25, -0.2) is 26.7 Å². The maximum Gasteiger partial charge on any atom is 0.341 e. The number of oxazole rings is 1. The molecule has 0 fully saturated rings. The van der Waals surface area contributed by atoms with Gasteiger partial charge in [0, 0.05) is 0 Å². The summed E-state index contributed by atoms with van der Waals surface area (Å²) in [6, 6.07) is 0.727. The highest BCUT2D eigenvalue weighted by Crippen LogP contribution is 2.23. The van der Waals surface area contributed by atoms with Gasteiger partial charge in [-0.05, 0) is 19.1 Å². The number of nitrogens with zero attached hydrogens (tertiary/aromatic N) is 1. The first-order valence-electron chi connectivity index (χ1n) is 5.38. The zero-order chi connectivity index (χ0) is 15.8. The van der Waals surface area contributed by atoms with Crippen LogP contribution in [0.25, 0.3) is 0 Å². The van der Waals surface area contributed by atoms with Gasteiger partial charge in [0.2, 0.25) is 0 Å². The molecule has 1 heterocycles. The molecule has 10 heteroatoms. The average Bonchev–Trinajstić information content (AvgIpc) is 2.72. The molecular weight excluding hydrogens is 310 g/mol. The molecule has 2 rings (SSSR count). The molecule has 1 aromatic heterocycles. The van der Waals surface area contributed by atoms with Crippen LogP contribution in [0.5, 0.6) is 0 Å². The lowest BCUT2D eigenvalue weighted by Gasteiger charge is -2.08. The van der Waals surface area contributed by atoms with Crippen LogP contribution in [-0.2, 0) is 10.0 Å². The van der Waals surface area contributed by atoms with Crippen molar-refractivity contribution in [3.05, 3.63) is 41.3 Å². The standard InChI is InChI=1S/C11H8F2N2O5S/c1-5-4-20-11(14-5)15-21(18,19)7-3-2-6(12)8(9(7)13)10(16)17/h2-4H,1H3,(H,14,15)(H,16,17). The van der Waals surface area contributed by atoms with Crippen molar-refractivity contribution < 1.29 is 31.5 Å². The van der Waals surface area contributed by atoms with Crippen LogP contribution in [0, 0.1) is 18.6 Å². The Kier molecular flexibility index (Phi) is 3.64. The summed E-state index contributed by atoms with van der Waals surface area (Å²) in [6.45, 7) is 1.53. The highest BCUT2D eigenvalue weighted by atomic mass is 32.2. The summed E-state index contributed by atoms with van der Waals surface area (Å²) < 4.78 is 57.6. The van der Waals surface area contributed by atoms with Crippen LogP contribution in [-0.4, -0.2) is 24.5 Å². The molecule has 0 aliphatic rings. The van der Waals surface area contributed by atoms with E-state index in [9.17, 15) is 22.0 Å². The van der Waals surface area contributed by atoms with E-state index in [-0.39, 0.29) is 0 Å². The van der Waals surface area contributed by atoms with Crippen LogP contribution in [0.1, 0.15) is 16.1 Å².